The highest BCUT2D eigenvalue weighted by molar-refractivity contribution is 6.01. The summed E-state index contributed by atoms with van der Waals surface area (Å²) in [5.41, 5.74) is 0.849. The molecule has 3 heteroatoms. The van der Waals surface area contributed by atoms with Crippen LogP contribution in [0.2, 0.25) is 0 Å². The summed E-state index contributed by atoms with van der Waals surface area (Å²) in [5.74, 6) is 1.42. The number of hydrogen-bond acceptors (Lipinski definition) is 3. The van der Waals surface area contributed by atoms with Crippen molar-refractivity contribution in [1.82, 2.24) is 0 Å². The zero-order chi connectivity index (χ0) is 11.3. The monoisotopic (exact) mass is 209 g/mol. The van der Waals surface area contributed by atoms with E-state index in [2.05, 4.69) is 25.9 Å². The van der Waals surface area contributed by atoms with E-state index in [1.807, 2.05) is 6.08 Å². The Kier molecular flexibility index (Phi) is 2.11. The molecule has 2 bridgehead atoms. The van der Waals surface area contributed by atoms with E-state index in [9.17, 15) is 0 Å². The van der Waals surface area contributed by atoms with Gasteiger partial charge in [0, 0.05) is 17.4 Å². The van der Waals surface area contributed by atoms with Crippen molar-refractivity contribution in [2.45, 2.75) is 33.6 Å². The molecule has 0 aromatic rings. The maximum Gasteiger partial charge on any atom is 0.101 e. The minimum absolute atomic E-state index is 0.0194. The fraction of sp³-hybridized carbons (Fsp3) is 0.750. The minimum Gasteiger partial charge on any atom is -0.501 e. The van der Waals surface area contributed by atoms with Crippen molar-refractivity contribution in [2.24, 2.45) is 21.9 Å². The van der Waals surface area contributed by atoms with Gasteiger partial charge in [-0.15, -0.1) is 0 Å². The zero-order valence-electron chi connectivity index (χ0n) is 9.87. The van der Waals surface area contributed by atoms with E-state index >= 15 is 0 Å². The number of methoxy groups -OCH3 is 1. The van der Waals surface area contributed by atoms with Crippen molar-refractivity contribution in [3.05, 3.63) is 11.8 Å². The molecule has 84 valence electrons. The molecule has 1 fully saturated rings. The molecule has 2 rings (SSSR count). The molecule has 3 nitrogen and oxygen atoms in total. The minimum atomic E-state index is -0.0194. The first kappa shape index (κ1) is 10.5. The molecule has 0 aliphatic heterocycles. The highest BCUT2D eigenvalue weighted by atomic mass is 16.5. The predicted octanol–water partition coefficient (Wildman–Crippen LogP) is 2.80. The number of fused-ring (bicyclic) bond motifs is 2. The summed E-state index contributed by atoms with van der Waals surface area (Å²) in [6, 6.07) is 0. The predicted molar refractivity (Wildman–Crippen MR) is 58.9 cm³/mol. The lowest BCUT2D eigenvalue weighted by molar-refractivity contribution is 0.111. The van der Waals surface area contributed by atoms with Crippen LogP contribution in [0.3, 0.4) is 0 Å². The van der Waals surface area contributed by atoms with Gasteiger partial charge in [0.15, 0.2) is 0 Å². The topological polar surface area (TPSA) is 41.8 Å². The molecule has 0 aromatic carbocycles. The van der Waals surface area contributed by atoms with E-state index in [4.69, 9.17) is 9.94 Å². The Bertz CT molecular complexity index is 344. The lowest BCUT2D eigenvalue weighted by Crippen LogP contribution is -2.44. The SMILES string of the molecule is COC1=C/C(=N\O)C2(C)CCC1C2(C)C. The van der Waals surface area contributed by atoms with Crippen LogP contribution >= 0.6 is 0 Å². The van der Waals surface area contributed by atoms with Gasteiger partial charge in [0.25, 0.3) is 0 Å². The van der Waals surface area contributed by atoms with Crippen LogP contribution in [-0.4, -0.2) is 18.0 Å². The van der Waals surface area contributed by atoms with E-state index in [1.165, 1.54) is 0 Å². The number of hydrogen-bond donors (Lipinski definition) is 1. The molecule has 2 unspecified atom stereocenters. The average molecular weight is 209 g/mol. The Morgan fingerprint density at radius 2 is 2.13 bits per heavy atom. The smallest absolute Gasteiger partial charge is 0.101 e. The first-order chi connectivity index (χ1) is 6.97. The summed E-state index contributed by atoms with van der Waals surface area (Å²) < 4.78 is 5.40. The molecule has 0 aromatic heterocycles. The van der Waals surface area contributed by atoms with Gasteiger partial charge in [0.1, 0.15) is 5.76 Å². The second-order valence-corrected chi connectivity index (χ2v) is 5.38. The van der Waals surface area contributed by atoms with Gasteiger partial charge in [0.2, 0.25) is 0 Å². The molecule has 15 heavy (non-hydrogen) atoms. The fourth-order valence-corrected chi connectivity index (χ4v) is 3.19. The van der Waals surface area contributed by atoms with Crippen LogP contribution in [0.4, 0.5) is 0 Å². The Morgan fingerprint density at radius 3 is 2.67 bits per heavy atom. The zero-order valence-corrected chi connectivity index (χ0v) is 9.87. The number of rotatable bonds is 1. The maximum absolute atomic E-state index is 9.11. The largest absolute Gasteiger partial charge is 0.501 e. The van der Waals surface area contributed by atoms with Gasteiger partial charge in [-0.05, 0) is 18.3 Å². The number of nitrogens with zero attached hydrogens (tertiary/aromatic N) is 1. The van der Waals surface area contributed by atoms with Gasteiger partial charge < -0.3 is 9.94 Å². The molecule has 2 aliphatic rings. The number of allylic oxidation sites excluding steroid dienone is 2. The molecule has 2 atom stereocenters. The average Bonchev–Trinajstić information content (AvgIpc) is 2.37. The molecule has 0 radical (unpaired) electrons. The summed E-state index contributed by atoms with van der Waals surface area (Å²) in [5, 5.41) is 12.6. The highest BCUT2D eigenvalue weighted by Gasteiger charge is 2.58. The van der Waals surface area contributed by atoms with Crippen LogP contribution in [0.15, 0.2) is 17.0 Å². The molecular weight excluding hydrogens is 190 g/mol. The van der Waals surface area contributed by atoms with E-state index in [-0.39, 0.29) is 10.8 Å². The Labute approximate surface area is 90.8 Å². The first-order valence-corrected chi connectivity index (χ1v) is 5.45. The van der Waals surface area contributed by atoms with Crippen molar-refractivity contribution in [3.8, 4) is 0 Å². The Morgan fingerprint density at radius 1 is 1.47 bits per heavy atom. The Balaban J connectivity index is 2.57. The highest BCUT2D eigenvalue weighted by Crippen LogP contribution is 2.61. The number of oxime groups is 1. The van der Waals surface area contributed by atoms with Crippen molar-refractivity contribution in [1.29, 1.82) is 0 Å². The molecular formula is C12H19NO2. The van der Waals surface area contributed by atoms with Gasteiger partial charge in [-0.25, -0.2) is 0 Å². The molecule has 0 spiro atoms. The van der Waals surface area contributed by atoms with E-state index in [0.717, 1.165) is 24.3 Å². The van der Waals surface area contributed by atoms with Crippen molar-refractivity contribution in [3.63, 3.8) is 0 Å². The van der Waals surface area contributed by atoms with Crippen LogP contribution in [0.1, 0.15) is 33.6 Å². The van der Waals surface area contributed by atoms with E-state index in [0.29, 0.717) is 5.92 Å². The summed E-state index contributed by atoms with van der Waals surface area (Å²) in [6.07, 6.45) is 4.08. The van der Waals surface area contributed by atoms with Gasteiger partial charge in [-0.1, -0.05) is 25.9 Å². The molecule has 0 heterocycles. The lowest BCUT2D eigenvalue weighted by Gasteiger charge is -2.44. The molecule has 1 saturated carbocycles. The second kappa shape index (κ2) is 3.00. The third-order valence-corrected chi connectivity index (χ3v) is 4.76. The van der Waals surface area contributed by atoms with Gasteiger partial charge in [0.05, 0.1) is 12.8 Å². The van der Waals surface area contributed by atoms with E-state index < -0.39 is 0 Å². The van der Waals surface area contributed by atoms with Gasteiger partial charge in [-0.2, -0.15) is 0 Å². The van der Waals surface area contributed by atoms with Crippen molar-refractivity contribution in [2.75, 3.05) is 7.11 Å². The first-order valence-electron chi connectivity index (χ1n) is 5.45. The third-order valence-electron chi connectivity index (χ3n) is 4.76. The Hall–Kier alpha value is -0.990. The van der Waals surface area contributed by atoms with Crippen LogP contribution in [0.25, 0.3) is 0 Å². The summed E-state index contributed by atoms with van der Waals surface area (Å²) in [6.45, 7) is 6.66. The second-order valence-electron chi connectivity index (χ2n) is 5.38. The summed E-state index contributed by atoms with van der Waals surface area (Å²) >= 11 is 0. The van der Waals surface area contributed by atoms with Gasteiger partial charge in [-0.3, -0.25) is 0 Å². The van der Waals surface area contributed by atoms with E-state index in [1.54, 1.807) is 7.11 Å². The third kappa shape index (κ3) is 1.09. The maximum atomic E-state index is 9.11. The molecule has 0 saturated heterocycles. The van der Waals surface area contributed by atoms with Crippen LogP contribution in [0.5, 0.6) is 0 Å². The fourth-order valence-electron chi connectivity index (χ4n) is 3.19. The molecule has 1 N–H and O–H groups in total. The lowest BCUT2D eigenvalue weighted by atomic mass is 9.60. The summed E-state index contributed by atoms with van der Waals surface area (Å²) in [7, 11) is 1.69. The quantitative estimate of drug-likeness (QED) is 0.533. The summed E-state index contributed by atoms with van der Waals surface area (Å²) in [4.78, 5) is 0. The van der Waals surface area contributed by atoms with Crippen molar-refractivity contribution >= 4 is 5.71 Å². The van der Waals surface area contributed by atoms with Crippen molar-refractivity contribution < 1.29 is 9.94 Å². The normalized spacial score (nSPS) is 40.4. The van der Waals surface area contributed by atoms with Crippen LogP contribution in [-0.2, 0) is 4.74 Å². The number of ether oxygens (including phenoxy) is 1. The van der Waals surface area contributed by atoms with Crippen LogP contribution < -0.4 is 0 Å². The van der Waals surface area contributed by atoms with Crippen LogP contribution in [0, 0.1) is 16.7 Å². The standard InChI is InChI=1S/C12H19NO2/c1-11(2)8-5-6-12(11,3)10(13-14)7-9(8)15-4/h7-8,14H,5-6H2,1-4H3/b13-10+. The van der Waals surface area contributed by atoms with Gasteiger partial charge >= 0.3 is 0 Å². The molecule has 0 amide bonds. The molecule has 2 aliphatic carbocycles.